The van der Waals surface area contributed by atoms with Crippen LogP contribution in [0, 0.1) is 10.1 Å². The third kappa shape index (κ3) is 3.11. The molecule has 0 radical (unpaired) electrons. The monoisotopic (exact) mass is 405 g/mol. The number of rotatable bonds is 4. The summed E-state index contributed by atoms with van der Waals surface area (Å²) in [5.74, 6) is 0. The summed E-state index contributed by atoms with van der Waals surface area (Å²) < 4.78 is 21.0. The first-order valence-corrected chi connectivity index (χ1v) is 7.92. The number of sulfone groups is 1. The molecule has 0 bridgehead atoms. The Labute approximate surface area is 122 Å². The molecule has 0 saturated heterocycles. The van der Waals surface area contributed by atoms with Crippen molar-refractivity contribution in [2.75, 3.05) is 6.26 Å². The van der Waals surface area contributed by atoms with Gasteiger partial charge < -0.3 is 5.11 Å². The quantitative estimate of drug-likeness (QED) is 0.358. The Morgan fingerprint density at radius 3 is 2.22 bits per heavy atom. The molecule has 0 unspecified atom stereocenters. The highest BCUT2D eigenvalue weighted by atomic mass is 127. The lowest BCUT2D eigenvalue weighted by Gasteiger charge is -2.24. The molecule has 0 aliphatic heterocycles. The lowest BCUT2D eigenvalue weighted by molar-refractivity contribution is -0.384. The zero-order chi connectivity index (χ0) is 14.1. The van der Waals surface area contributed by atoms with Gasteiger partial charge in [0.15, 0.2) is 9.84 Å². The van der Waals surface area contributed by atoms with Crippen LogP contribution in [0.2, 0.25) is 0 Å². The molecular weight excluding hydrogens is 397 g/mol. The summed E-state index contributed by atoms with van der Waals surface area (Å²) in [5, 5.41) is 20.4. The smallest absolute Gasteiger partial charge is 0.269 e. The van der Waals surface area contributed by atoms with Gasteiger partial charge in [0, 0.05) is 18.4 Å². The maximum Gasteiger partial charge on any atom is 0.269 e. The Balaban J connectivity index is 3.12. The third-order valence-electron chi connectivity index (χ3n) is 2.23. The maximum absolute atomic E-state index is 11.4. The van der Waals surface area contributed by atoms with Crippen molar-refractivity contribution >= 4 is 49.7 Å². The molecule has 1 rings (SSSR count). The number of hydrogen-bond donors (Lipinski definition) is 1. The van der Waals surface area contributed by atoms with E-state index in [0.29, 0.717) is 0 Å². The molecule has 1 N–H and O–H groups in total. The van der Waals surface area contributed by atoms with E-state index < -0.39 is 23.1 Å². The molecule has 1 aromatic rings. The average Bonchev–Trinajstić information content (AvgIpc) is 2.26. The van der Waals surface area contributed by atoms with Crippen molar-refractivity contribution in [3.05, 3.63) is 39.9 Å². The fourth-order valence-corrected chi connectivity index (χ4v) is 2.20. The van der Waals surface area contributed by atoms with E-state index in [-0.39, 0.29) is 11.3 Å². The van der Waals surface area contributed by atoms with Gasteiger partial charge in [0.2, 0.25) is 2.21 Å². The van der Waals surface area contributed by atoms with E-state index in [1.807, 2.05) is 0 Å². The predicted octanol–water partition coefficient (Wildman–Crippen LogP) is 2.00. The minimum absolute atomic E-state index is 0.154. The summed E-state index contributed by atoms with van der Waals surface area (Å²) in [7, 11) is -3.71. The standard InChI is InChI=1S/C9H9ClINO5S/c1-18(16,17)9(10,11)8(13)6-2-4-7(5-3-6)12(14)15/h2-5,8,13H,1H3/t8-,9-/m0/s1. The van der Waals surface area contributed by atoms with Gasteiger partial charge in [-0.3, -0.25) is 10.1 Å². The van der Waals surface area contributed by atoms with Crippen LogP contribution in [0.5, 0.6) is 0 Å². The second kappa shape index (κ2) is 5.27. The van der Waals surface area contributed by atoms with Crippen molar-refractivity contribution in [2.45, 2.75) is 8.32 Å². The average molecular weight is 406 g/mol. The first kappa shape index (κ1) is 15.6. The first-order chi connectivity index (χ1) is 8.07. The molecule has 0 amide bonds. The summed E-state index contributed by atoms with van der Waals surface area (Å²) in [5.41, 5.74) is 0.0364. The molecule has 1 aromatic carbocycles. The molecule has 6 nitrogen and oxygen atoms in total. The summed E-state index contributed by atoms with van der Waals surface area (Å²) in [6, 6.07) is 4.88. The van der Waals surface area contributed by atoms with Crippen molar-refractivity contribution in [1.82, 2.24) is 0 Å². The molecular formula is C9H9ClINO5S. The predicted molar refractivity (Wildman–Crippen MR) is 75.5 cm³/mol. The largest absolute Gasteiger partial charge is 0.385 e. The van der Waals surface area contributed by atoms with Crippen molar-refractivity contribution in [3.63, 3.8) is 0 Å². The third-order valence-corrected chi connectivity index (χ3v) is 7.48. The Morgan fingerprint density at radius 2 is 1.89 bits per heavy atom. The van der Waals surface area contributed by atoms with Crippen LogP contribution in [0.4, 0.5) is 5.69 Å². The molecule has 18 heavy (non-hydrogen) atoms. The molecule has 9 heteroatoms. The van der Waals surface area contributed by atoms with Gasteiger partial charge in [0.25, 0.3) is 5.69 Å². The fraction of sp³-hybridized carbons (Fsp3) is 0.333. The second-order valence-electron chi connectivity index (χ2n) is 3.59. The lowest BCUT2D eigenvalue weighted by Crippen LogP contribution is -2.31. The zero-order valence-corrected chi connectivity index (χ0v) is 12.8. The number of non-ortho nitro benzene ring substituents is 1. The van der Waals surface area contributed by atoms with Gasteiger partial charge in [-0.1, -0.05) is 11.6 Å². The van der Waals surface area contributed by atoms with Crippen LogP contribution in [0.1, 0.15) is 11.7 Å². The van der Waals surface area contributed by atoms with Crippen molar-refractivity contribution < 1.29 is 18.4 Å². The van der Waals surface area contributed by atoms with E-state index in [0.717, 1.165) is 6.26 Å². The maximum atomic E-state index is 11.4. The molecule has 0 aliphatic rings. The molecule has 0 aromatic heterocycles. The van der Waals surface area contributed by atoms with Gasteiger partial charge in [-0.05, 0) is 40.3 Å². The van der Waals surface area contributed by atoms with Gasteiger partial charge in [-0.15, -0.1) is 0 Å². The van der Waals surface area contributed by atoms with E-state index >= 15 is 0 Å². The number of aliphatic hydroxyl groups is 1. The Bertz CT molecular complexity index is 557. The molecule has 100 valence electrons. The number of halogens is 2. The van der Waals surface area contributed by atoms with Crippen LogP contribution in [-0.4, -0.2) is 26.9 Å². The highest BCUT2D eigenvalue weighted by molar-refractivity contribution is 14.1. The van der Waals surface area contributed by atoms with Crippen molar-refractivity contribution in [3.8, 4) is 0 Å². The number of alkyl halides is 2. The Morgan fingerprint density at radius 1 is 1.44 bits per heavy atom. The molecule has 0 spiro atoms. The number of nitro benzene ring substituents is 1. The van der Waals surface area contributed by atoms with Crippen LogP contribution in [0.3, 0.4) is 0 Å². The van der Waals surface area contributed by atoms with E-state index in [4.69, 9.17) is 11.6 Å². The van der Waals surface area contributed by atoms with E-state index in [9.17, 15) is 23.6 Å². The number of hydrogen-bond acceptors (Lipinski definition) is 5. The SMILES string of the molecule is CS(=O)(=O)[C@@](Cl)(I)[C@@H](O)c1ccc([N+](=O)[O-])cc1. The molecule has 0 saturated carbocycles. The molecule has 0 heterocycles. The number of benzene rings is 1. The van der Waals surface area contributed by atoms with Crippen LogP contribution >= 0.6 is 34.2 Å². The van der Waals surface area contributed by atoms with Crippen LogP contribution in [0.15, 0.2) is 24.3 Å². The first-order valence-electron chi connectivity index (χ1n) is 4.57. The number of nitrogens with zero attached hydrogens (tertiary/aromatic N) is 1. The second-order valence-corrected chi connectivity index (χ2v) is 9.66. The Hall–Kier alpha value is -0.450. The van der Waals surface area contributed by atoms with Crippen LogP contribution < -0.4 is 0 Å². The van der Waals surface area contributed by atoms with Crippen LogP contribution in [-0.2, 0) is 9.84 Å². The van der Waals surface area contributed by atoms with E-state index in [1.165, 1.54) is 46.9 Å². The number of nitro groups is 1. The molecule has 0 aliphatic carbocycles. The van der Waals surface area contributed by atoms with Crippen LogP contribution in [0.25, 0.3) is 0 Å². The van der Waals surface area contributed by atoms with Gasteiger partial charge in [0.05, 0.1) is 4.92 Å². The fourth-order valence-electron chi connectivity index (χ4n) is 1.18. The minimum atomic E-state index is -3.71. The summed E-state index contributed by atoms with van der Waals surface area (Å²) in [6.45, 7) is 0. The van der Waals surface area contributed by atoms with Gasteiger partial charge in [-0.2, -0.15) is 0 Å². The van der Waals surface area contributed by atoms with E-state index in [2.05, 4.69) is 0 Å². The summed E-state index contributed by atoms with van der Waals surface area (Å²) in [4.78, 5) is 9.87. The summed E-state index contributed by atoms with van der Waals surface area (Å²) in [6.07, 6.45) is -0.586. The van der Waals surface area contributed by atoms with Crippen molar-refractivity contribution in [1.29, 1.82) is 0 Å². The Kier molecular flexibility index (Phi) is 4.57. The van der Waals surface area contributed by atoms with Gasteiger partial charge in [0.1, 0.15) is 6.10 Å². The molecule has 2 atom stereocenters. The van der Waals surface area contributed by atoms with Gasteiger partial charge in [-0.25, -0.2) is 8.42 Å². The number of aliphatic hydroxyl groups excluding tert-OH is 1. The van der Waals surface area contributed by atoms with E-state index in [1.54, 1.807) is 0 Å². The van der Waals surface area contributed by atoms with Gasteiger partial charge >= 0.3 is 0 Å². The highest BCUT2D eigenvalue weighted by Crippen LogP contribution is 2.42. The summed E-state index contributed by atoms with van der Waals surface area (Å²) >= 11 is 7.24. The molecule has 0 fully saturated rings. The normalized spacial score (nSPS) is 16.9. The minimum Gasteiger partial charge on any atom is -0.385 e. The zero-order valence-electron chi connectivity index (χ0n) is 9.08. The highest BCUT2D eigenvalue weighted by Gasteiger charge is 2.44. The van der Waals surface area contributed by atoms with Crippen molar-refractivity contribution in [2.24, 2.45) is 0 Å². The lowest BCUT2D eigenvalue weighted by atomic mass is 10.1. The topological polar surface area (TPSA) is 97.5 Å².